The van der Waals surface area contributed by atoms with Gasteiger partial charge in [-0.25, -0.2) is 0 Å². The first kappa shape index (κ1) is 19.1. The van der Waals surface area contributed by atoms with E-state index in [1.54, 1.807) is 55.6 Å². The van der Waals surface area contributed by atoms with Crippen LogP contribution in [0, 0.1) is 6.92 Å². The number of hydrogen-bond donors (Lipinski definition) is 1. The van der Waals surface area contributed by atoms with E-state index in [4.69, 9.17) is 21.1 Å². The molecule has 29 heavy (non-hydrogen) atoms. The van der Waals surface area contributed by atoms with Crippen LogP contribution in [-0.2, 0) is 0 Å². The molecule has 1 N–H and O–H groups in total. The van der Waals surface area contributed by atoms with Crippen molar-refractivity contribution in [1.82, 2.24) is 4.98 Å². The van der Waals surface area contributed by atoms with E-state index in [0.717, 1.165) is 11.3 Å². The summed E-state index contributed by atoms with van der Waals surface area (Å²) >= 11 is 6.20. The lowest BCUT2D eigenvalue weighted by Crippen LogP contribution is -2.33. The quantitative estimate of drug-likeness (QED) is 0.653. The third kappa shape index (κ3) is 3.36. The van der Waals surface area contributed by atoms with E-state index in [0.29, 0.717) is 33.5 Å². The molecule has 3 aromatic rings. The highest BCUT2D eigenvalue weighted by molar-refractivity contribution is 6.30. The molecular formula is C22H20ClN3O3. The number of benzene rings is 2. The summed E-state index contributed by atoms with van der Waals surface area (Å²) in [6, 6.07) is 14.5. The second-order valence-electron chi connectivity index (χ2n) is 6.66. The number of nitrogens with zero attached hydrogens (tertiary/aromatic N) is 2. The highest BCUT2D eigenvalue weighted by atomic mass is 35.5. The summed E-state index contributed by atoms with van der Waals surface area (Å²) in [6.07, 6.45) is 1.15. The van der Waals surface area contributed by atoms with Crippen molar-refractivity contribution in [1.29, 1.82) is 0 Å². The number of fused-ring (bicyclic) bond motifs is 1. The van der Waals surface area contributed by atoms with Crippen LogP contribution in [0.1, 0.15) is 27.8 Å². The van der Waals surface area contributed by atoms with Crippen molar-refractivity contribution in [2.24, 2.45) is 0 Å². The molecule has 0 fully saturated rings. The number of aryl methyl sites for hydroxylation is 1. The summed E-state index contributed by atoms with van der Waals surface area (Å²) in [5.74, 6) is 1.01. The summed E-state index contributed by atoms with van der Waals surface area (Å²) in [4.78, 5) is 19.5. The molecule has 148 valence electrons. The Morgan fingerprint density at radius 1 is 1.10 bits per heavy atom. The number of aromatic nitrogens is 1. The van der Waals surface area contributed by atoms with Gasteiger partial charge in [0.2, 0.25) is 0 Å². The molecule has 2 aromatic carbocycles. The highest BCUT2D eigenvalue weighted by Gasteiger charge is 2.40. The summed E-state index contributed by atoms with van der Waals surface area (Å²) in [6.45, 7) is 1.98. The van der Waals surface area contributed by atoms with Crippen LogP contribution in [-0.4, -0.2) is 25.1 Å². The van der Waals surface area contributed by atoms with Crippen molar-refractivity contribution in [2.45, 2.75) is 13.1 Å². The van der Waals surface area contributed by atoms with Gasteiger partial charge in [-0.3, -0.25) is 14.7 Å². The number of carbonyl (C=O) groups excluding carboxylic acids is 1. The number of amides is 1. The molecule has 0 bridgehead atoms. The van der Waals surface area contributed by atoms with Crippen LogP contribution in [0.2, 0.25) is 5.02 Å². The number of halogens is 1. The minimum atomic E-state index is -0.531. The molecule has 1 aromatic heterocycles. The fourth-order valence-corrected chi connectivity index (χ4v) is 3.62. The standard InChI is InChI=1S/C22H20ClN3O3/c1-13-6-7-14(23)11-17(13)25-21-20-16(5-4-10-24-20)22(27)26(21)18-12-15(28-2)8-9-19(18)29-3/h4-12,21,25H,1-3H3/t21-/m0/s1. The SMILES string of the molecule is COc1ccc(OC)c(N2C(=O)c3cccnc3[C@H]2Nc2cc(Cl)ccc2C)c1. The normalized spacial score (nSPS) is 15.2. The second-order valence-corrected chi connectivity index (χ2v) is 7.09. The lowest BCUT2D eigenvalue weighted by Gasteiger charge is -2.28. The average Bonchev–Trinajstić information content (AvgIpc) is 3.02. The Bertz CT molecular complexity index is 1090. The predicted molar refractivity (Wildman–Crippen MR) is 113 cm³/mol. The fourth-order valence-electron chi connectivity index (χ4n) is 3.45. The van der Waals surface area contributed by atoms with Crippen molar-refractivity contribution >= 4 is 28.9 Å². The first-order valence-electron chi connectivity index (χ1n) is 9.06. The largest absolute Gasteiger partial charge is 0.497 e. The number of rotatable bonds is 5. The average molecular weight is 410 g/mol. The van der Waals surface area contributed by atoms with Gasteiger partial charge < -0.3 is 14.8 Å². The van der Waals surface area contributed by atoms with Gasteiger partial charge in [-0.15, -0.1) is 0 Å². The number of ether oxygens (including phenoxy) is 2. The molecule has 0 aliphatic carbocycles. The van der Waals surface area contributed by atoms with Crippen molar-refractivity contribution in [3.63, 3.8) is 0 Å². The third-order valence-electron chi connectivity index (χ3n) is 4.94. The monoisotopic (exact) mass is 409 g/mol. The van der Waals surface area contributed by atoms with Crippen LogP contribution in [0.3, 0.4) is 0 Å². The minimum absolute atomic E-state index is 0.170. The van der Waals surface area contributed by atoms with Crippen LogP contribution >= 0.6 is 11.6 Å². The maximum Gasteiger partial charge on any atom is 0.262 e. The molecule has 0 saturated heterocycles. The molecule has 1 amide bonds. The van der Waals surface area contributed by atoms with E-state index in [1.165, 1.54) is 0 Å². The van der Waals surface area contributed by atoms with Crippen molar-refractivity contribution in [2.75, 3.05) is 24.4 Å². The fraction of sp³-hybridized carbons (Fsp3) is 0.182. The van der Waals surface area contributed by atoms with Gasteiger partial charge in [-0.05, 0) is 48.9 Å². The lowest BCUT2D eigenvalue weighted by molar-refractivity contribution is 0.0992. The molecular weight excluding hydrogens is 390 g/mol. The Morgan fingerprint density at radius 2 is 1.93 bits per heavy atom. The second kappa shape index (κ2) is 7.64. The predicted octanol–water partition coefficient (Wildman–Crippen LogP) is 4.83. The number of hydrogen-bond acceptors (Lipinski definition) is 5. The van der Waals surface area contributed by atoms with Crippen LogP contribution in [0.25, 0.3) is 0 Å². The molecule has 7 heteroatoms. The minimum Gasteiger partial charge on any atom is -0.497 e. The maximum absolute atomic E-state index is 13.3. The Morgan fingerprint density at radius 3 is 2.69 bits per heavy atom. The van der Waals surface area contributed by atoms with Gasteiger partial charge in [0.25, 0.3) is 5.91 Å². The number of nitrogens with one attached hydrogen (secondary N) is 1. The number of carbonyl (C=O) groups is 1. The Kier molecular flexibility index (Phi) is 5.03. The Labute approximate surface area is 174 Å². The summed E-state index contributed by atoms with van der Waals surface area (Å²) in [5, 5.41) is 4.04. The molecule has 0 unspecified atom stereocenters. The van der Waals surface area contributed by atoms with E-state index in [2.05, 4.69) is 10.3 Å². The summed E-state index contributed by atoms with van der Waals surface area (Å²) in [5.41, 5.74) is 3.59. The Hall–Kier alpha value is -3.25. The smallest absolute Gasteiger partial charge is 0.262 e. The number of methoxy groups -OCH3 is 2. The van der Waals surface area contributed by atoms with Gasteiger partial charge in [0.1, 0.15) is 11.5 Å². The zero-order valence-corrected chi connectivity index (χ0v) is 17.0. The van der Waals surface area contributed by atoms with Crippen molar-refractivity contribution in [3.8, 4) is 11.5 Å². The summed E-state index contributed by atoms with van der Waals surface area (Å²) in [7, 11) is 3.15. The molecule has 0 radical (unpaired) electrons. The van der Waals surface area contributed by atoms with Crippen LogP contribution in [0.15, 0.2) is 54.7 Å². The van der Waals surface area contributed by atoms with Crippen molar-refractivity contribution in [3.05, 3.63) is 76.6 Å². The van der Waals surface area contributed by atoms with E-state index in [-0.39, 0.29) is 5.91 Å². The first-order chi connectivity index (χ1) is 14.0. The van der Waals surface area contributed by atoms with E-state index >= 15 is 0 Å². The maximum atomic E-state index is 13.3. The zero-order chi connectivity index (χ0) is 20.5. The van der Waals surface area contributed by atoms with Crippen LogP contribution in [0.4, 0.5) is 11.4 Å². The molecule has 2 heterocycles. The van der Waals surface area contributed by atoms with Gasteiger partial charge in [0, 0.05) is 23.0 Å². The topological polar surface area (TPSA) is 63.7 Å². The van der Waals surface area contributed by atoms with Crippen molar-refractivity contribution < 1.29 is 14.3 Å². The molecule has 1 atom stereocenters. The molecule has 1 aliphatic heterocycles. The van der Waals surface area contributed by atoms with E-state index in [1.807, 2.05) is 25.1 Å². The molecule has 0 spiro atoms. The molecule has 1 aliphatic rings. The number of pyridine rings is 1. The van der Waals surface area contributed by atoms with Gasteiger partial charge in [-0.2, -0.15) is 0 Å². The molecule has 6 nitrogen and oxygen atoms in total. The zero-order valence-electron chi connectivity index (χ0n) is 16.3. The van der Waals surface area contributed by atoms with E-state index in [9.17, 15) is 4.79 Å². The van der Waals surface area contributed by atoms with Gasteiger partial charge >= 0.3 is 0 Å². The molecule has 0 saturated carbocycles. The highest BCUT2D eigenvalue weighted by Crippen LogP contribution is 2.42. The molecule has 4 rings (SSSR count). The van der Waals surface area contributed by atoms with E-state index < -0.39 is 6.17 Å². The lowest BCUT2D eigenvalue weighted by atomic mass is 10.1. The van der Waals surface area contributed by atoms with Gasteiger partial charge in [-0.1, -0.05) is 17.7 Å². The third-order valence-corrected chi connectivity index (χ3v) is 5.18. The van der Waals surface area contributed by atoms with Crippen LogP contribution in [0.5, 0.6) is 11.5 Å². The first-order valence-corrected chi connectivity index (χ1v) is 9.44. The van der Waals surface area contributed by atoms with Gasteiger partial charge in [0.05, 0.1) is 31.2 Å². The van der Waals surface area contributed by atoms with Crippen LogP contribution < -0.4 is 19.7 Å². The van der Waals surface area contributed by atoms with Gasteiger partial charge in [0.15, 0.2) is 6.17 Å². The Balaban J connectivity index is 1.86. The summed E-state index contributed by atoms with van der Waals surface area (Å²) < 4.78 is 10.9. The number of anilines is 2.